The minimum atomic E-state index is -1.35. The molecule has 0 aromatic carbocycles. The lowest BCUT2D eigenvalue weighted by atomic mass is 9.99. The van der Waals surface area contributed by atoms with Crippen LogP contribution in [0.2, 0.25) is 0 Å². The molecular weight excluding hydrogens is 167 g/mol. The van der Waals surface area contributed by atoms with E-state index in [1.807, 2.05) is 0 Å². The van der Waals surface area contributed by atoms with E-state index >= 15 is 0 Å². The largest absolute Gasteiger partial charge is 0.390 e. The molecule has 1 heterocycles. The summed E-state index contributed by atoms with van der Waals surface area (Å²) in [6.07, 6.45) is -4.15. The van der Waals surface area contributed by atoms with E-state index < -0.39 is 31.1 Å². The maximum atomic E-state index is 11.9. The predicted molar refractivity (Wildman–Crippen MR) is 38.4 cm³/mol. The average molecular weight is 180 g/mol. The van der Waals surface area contributed by atoms with Crippen LogP contribution in [0.15, 0.2) is 0 Å². The molecule has 3 N–H and O–H groups in total. The van der Waals surface area contributed by atoms with Crippen LogP contribution in [0.4, 0.5) is 4.39 Å². The molecule has 12 heavy (non-hydrogen) atoms. The predicted octanol–water partition coefficient (Wildman–Crippen LogP) is -1.17. The average Bonchev–Trinajstić information content (AvgIpc) is 2.08. The van der Waals surface area contributed by atoms with Gasteiger partial charge in [0.1, 0.15) is 25.0 Å². The topological polar surface area (TPSA) is 69.9 Å². The molecule has 4 atom stereocenters. The zero-order chi connectivity index (χ0) is 9.14. The second-order valence-corrected chi connectivity index (χ2v) is 2.90. The van der Waals surface area contributed by atoms with Crippen molar-refractivity contribution in [1.82, 2.24) is 0 Å². The molecule has 0 aliphatic carbocycles. The van der Waals surface area contributed by atoms with Crippen molar-refractivity contribution in [3.63, 3.8) is 0 Å². The van der Waals surface area contributed by atoms with Gasteiger partial charge in [0.15, 0.2) is 0 Å². The summed E-state index contributed by atoms with van der Waals surface area (Å²) in [5.41, 5.74) is 0. The maximum Gasteiger partial charge on any atom is 0.118 e. The lowest BCUT2D eigenvalue weighted by Gasteiger charge is -2.33. The standard InChI is InChI=1S/C7H13FO4/c8-3-5(10)7-6(11)4(9)1-2-12-7/h4-7,9-11H,1-3H2. The molecule has 0 spiro atoms. The second-order valence-electron chi connectivity index (χ2n) is 2.90. The molecule has 0 aromatic heterocycles. The molecule has 4 nitrogen and oxygen atoms in total. The van der Waals surface area contributed by atoms with E-state index in [0.717, 1.165) is 0 Å². The summed E-state index contributed by atoms with van der Waals surface area (Å²) in [6, 6.07) is 0. The Balaban J connectivity index is 2.51. The number of rotatable bonds is 2. The molecule has 5 heteroatoms. The fourth-order valence-corrected chi connectivity index (χ4v) is 1.24. The summed E-state index contributed by atoms with van der Waals surface area (Å²) in [5, 5.41) is 27.4. The van der Waals surface area contributed by atoms with E-state index in [1.54, 1.807) is 0 Å². The van der Waals surface area contributed by atoms with Crippen LogP contribution in [-0.4, -0.2) is 53.0 Å². The van der Waals surface area contributed by atoms with Crippen LogP contribution in [0, 0.1) is 0 Å². The third kappa shape index (κ3) is 1.92. The quantitative estimate of drug-likeness (QED) is 0.500. The summed E-state index contributed by atoms with van der Waals surface area (Å²) >= 11 is 0. The molecule has 0 bridgehead atoms. The smallest absolute Gasteiger partial charge is 0.118 e. The fraction of sp³-hybridized carbons (Fsp3) is 1.00. The minimum Gasteiger partial charge on any atom is -0.390 e. The van der Waals surface area contributed by atoms with Gasteiger partial charge in [0.05, 0.1) is 6.10 Å². The van der Waals surface area contributed by atoms with Gasteiger partial charge in [-0.15, -0.1) is 0 Å². The van der Waals surface area contributed by atoms with Crippen molar-refractivity contribution < 1.29 is 24.4 Å². The normalized spacial score (nSPS) is 39.5. The lowest BCUT2D eigenvalue weighted by Crippen LogP contribution is -2.50. The SMILES string of the molecule is OC1CCOC(C(O)CF)C1O. The minimum absolute atomic E-state index is 0.236. The van der Waals surface area contributed by atoms with Gasteiger partial charge in [-0.05, 0) is 6.42 Å². The highest BCUT2D eigenvalue weighted by atomic mass is 19.1. The van der Waals surface area contributed by atoms with Gasteiger partial charge in [-0.3, -0.25) is 0 Å². The van der Waals surface area contributed by atoms with Crippen LogP contribution in [-0.2, 0) is 4.74 Å². The molecule has 4 unspecified atom stereocenters. The molecule has 1 rings (SSSR count). The third-order valence-corrected chi connectivity index (χ3v) is 1.99. The third-order valence-electron chi connectivity index (χ3n) is 1.99. The van der Waals surface area contributed by atoms with E-state index in [2.05, 4.69) is 0 Å². The van der Waals surface area contributed by atoms with E-state index in [9.17, 15) is 9.50 Å². The van der Waals surface area contributed by atoms with Gasteiger partial charge in [0.25, 0.3) is 0 Å². The summed E-state index contributed by atoms with van der Waals surface area (Å²) < 4.78 is 16.9. The van der Waals surface area contributed by atoms with Crippen LogP contribution >= 0.6 is 0 Å². The number of alkyl halides is 1. The molecule has 1 saturated heterocycles. The van der Waals surface area contributed by atoms with Crippen molar-refractivity contribution in [3.05, 3.63) is 0 Å². The summed E-state index contributed by atoms with van der Waals surface area (Å²) in [7, 11) is 0. The van der Waals surface area contributed by atoms with Crippen molar-refractivity contribution in [2.45, 2.75) is 30.8 Å². The fourth-order valence-electron chi connectivity index (χ4n) is 1.24. The molecule has 72 valence electrons. The molecule has 0 saturated carbocycles. The van der Waals surface area contributed by atoms with Gasteiger partial charge >= 0.3 is 0 Å². The van der Waals surface area contributed by atoms with Crippen molar-refractivity contribution in [2.24, 2.45) is 0 Å². The highest BCUT2D eigenvalue weighted by molar-refractivity contribution is 4.85. The van der Waals surface area contributed by atoms with E-state index in [4.69, 9.17) is 14.9 Å². The Hall–Kier alpha value is -0.230. The van der Waals surface area contributed by atoms with Crippen LogP contribution in [0.1, 0.15) is 6.42 Å². The number of hydrogen-bond acceptors (Lipinski definition) is 4. The van der Waals surface area contributed by atoms with Gasteiger partial charge in [-0.1, -0.05) is 0 Å². The monoisotopic (exact) mass is 180 g/mol. The highest BCUT2D eigenvalue weighted by Gasteiger charge is 2.36. The Morgan fingerprint density at radius 1 is 1.50 bits per heavy atom. The number of aliphatic hydroxyl groups excluding tert-OH is 3. The molecule has 0 radical (unpaired) electrons. The summed E-state index contributed by atoms with van der Waals surface area (Å²) in [6.45, 7) is -0.742. The Kier molecular flexibility index (Phi) is 3.39. The maximum absolute atomic E-state index is 11.9. The van der Waals surface area contributed by atoms with Crippen LogP contribution in [0.3, 0.4) is 0 Å². The van der Waals surface area contributed by atoms with Crippen LogP contribution in [0.5, 0.6) is 0 Å². The molecule has 0 amide bonds. The lowest BCUT2D eigenvalue weighted by molar-refractivity contribution is -0.172. The Morgan fingerprint density at radius 2 is 2.17 bits per heavy atom. The first-order valence-electron chi connectivity index (χ1n) is 3.88. The van der Waals surface area contributed by atoms with Crippen molar-refractivity contribution in [1.29, 1.82) is 0 Å². The zero-order valence-corrected chi connectivity index (χ0v) is 6.56. The summed E-state index contributed by atoms with van der Waals surface area (Å²) in [4.78, 5) is 0. The molecule has 0 aromatic rings. The molecule has 1 aliphatic heterocycles. The van der Waals surface area contributed by atoms with E-state index in [1.165, 1.54) is 0 Å². The zero-order valence-electron chi connectivity index (χ0n) is 6.56. The summed E-state index contributed by atoms with van der Waals surface area (Å²) in [5.74, 6) is 0. The van der Waals surface area contributed by atoms with Crippen molar-refractivity contribution in [2.75, 3.05) is 13.3 Å². The number of hydrogen-bond donors (Lipinski definition) is 3. The number of ether oxygens (including phenoxy) is 1. The van der Waals surface area contributed by atoms with E-state index in [-0.39, 0.29) is 6.61 Å². The Bertz CT molecular complexity index is 143. The first kappa shape index (κ1) is 9.85. The molecular formula is C7H13FO4. The Labute approximate surface area is 69.6 Å². The van der Waals surface area contributed by atoms with Crippen molar-refractivity contribution >= 4 is 0 Å². The van der Waals surface area contributed by atoms with Crippen LogP contribution < -0.4 is 0 Å². The van der Waals surface area contributed by atoms with Crippen molar-refractivity contribution in [3.8, 4) is 0 Å². The van der Waals surface area contributed by atoms with E-state index in [0.29, 0.717) is 6.42 Å². The van der Waals surface area contributed by atoms with Gasteiger partial charge in [-0.25, -0.2) is 4.39 Å². The molecule has 1 aliphatic rings. The number of halogens is 1. The van der Waals surface area contributed by atoms with Gasteiger partial charge in [0.2, 0.25) is 0 Å². The van der Waals surface area contributed by atoms with Gasteiger partial charge in [-0.2, -0.15) is 0 Å². The van der Waals surface area contributed by atoms with Gasteiger partial charge in [0, 0.05) is 6.61 Å². The van der Waals surface area contributed by atoms with Gasteiger partial charge < -0.3 is 20.1 Å². The first-order chi connectivity index (χ1) is 5.66. The molecule has 1 fully saturated rings. The Morgan fingerprint density at radius 3 is 2.75 bits per heavy atom. The highest BCUT2D eigenvalue weighted by Crippen LogP contribution is 2.17. The number of aliphatic hydroxyl groups is 3. The van der Waals surface area contributed by atoms with Crippen LogP contribution in [0.25, 0.3) is 0 Å². The second kappa shape index (κ2) is 4.13. The first-order valence-corrected chi connectivity index (χ1v) is 3.88.